The molecule has 0 N–H and O–H groups in total. The molecule has 0 aliphatic heterocycles. The lowest BCUT2D eigenvalue weighted by Crippen LogP contribution is -2.31. The molecule has 0 unspecified atom stereocenters. The summed E-state index contributed by atoms with van der Waals surface area (Å²) in [5.74, 6) is -0.837. The molecular weight excluding hydrogens is 378 g/mol. The molecule has 0 fully saturated rings. The van der Waals surface area contributed by atoms with Crippen LogP contribution < -0.4 is 14.1 Å². The molecular formula is C21H18NO5S-. The second kappa shape index (κ2) is 8.14. The normalized spacial score (nSPS) is 11.0. The maximum absolute atomic E-state index is 13.3. The molecule has 0 aromatic heterocycles. The largest absolute Gasteiger partial charge is 0.545 e. The Kier molecular flexibility index (Phi) is 5.65. The lowest BCUT2D eigenvalue weighted by molar-refractivity contribution is -0.255. The Labute approximate surface area is 163 Å². The van der Waals surface area contributed by atoms with Crippen LogP contribution in [0, 0.1) is 0 Å². The predicted molar refractivity (Wildman–Crippen MR) is 104 cm³/mol. The highest BCUT2D eigenvalue weighted by Crippen LogP contribution is 2.28. The minimum atomic E-state index is -4.03. The van der Waals surface area contributed by atoms with E-state index in [0.717, 1.165) is 11.6 Å². The highest BCUT2D eigenvalue weighted by atomic mass is 32.2. The first-order valence-corrected chi connectivity index (χ1v) is 9.88. The van der Waals surface area contributed by atoms with E-state index < -0.39 is 16.0 Å². The summed E-state index contributed by atoms with van der Waals surface area (Å²) in [5.41, 5.74) is 1.02. The van der Waals surface area contributed by atoms with Crippen molar-refractivity contribution in [3.63, 3.8) is 0 Å². The second-order valence-corrected chi connectivity index (χ2v) is 7.87. The molecule has 3 rings (SSSR count). The highest BCUT2D eigenvalue weighted by molar-refractivity contribution is 7.92. The average molecular weight is 396 g/mol. The molecule has 0 atom stereocenters. The van der Waals surface area contributed by atoms with Gasteiger partial charge in [0.15, 0.2) is 0 Å². The van der Waals surface area contributed by atoms with Crippen LogP contribution >= 0.6 is 0 Å². The Morgan fingerprint density at radius 2 is 1.64 bits per heavy atom. The molecule has 6 nitrogen and oxygen atoms in total. The van der Waals surface area contributed by atoms with Crippen LogP contribution in [0.3, 0.4) is 0 Å². The zero-order valence-corrected chi connectivity index (χ0v) is 15.9. The summed E-state index contributed by atoms with van der Waals surface area (Å²) >= 11 is 0. The Bertz CT molecular complexity index is 1060. The number of carboxylic acid groups (broad SMARTS) is 1. The molecule has 7 heteroatoms. The summed E-state index contributed by atoms with van der Waals surface area (Å²) in [6.07, 6.45) is 0. The number of ether oxygens (including phenoxy) is 1. The van der Waals surface area contributed by atoms with Crippen LogP contribution in [0.15, 0.2) is 83.8 Å². The van der Waals surface area contributed by atoms with E-state index in [-0.39, 0.29) is 17.0 Å². The minimum absolute atomic E-state index is 0.0883. The molecule has 3 aromatic rings. The number of rotatable bonds is 7. The average Bonchev–Trinajstić information content (AvgIpc) is 2.73. The van der Waals surface area contributed by atoms with Crippen molar-refractivity contribution < 1.29 is 23.1 Å². The molecule has 0 amide bonds. The Morgan fingerprint density at radius 1 is 0.964 bits per heavy atom. The summed E-state index contributed by atoms with van der Waals surface area (Å²) < 4.78 is 33.1. The number of aromatic carboxylic acids is 1. The standard InChI is InChI=1S/C21H19NO5S/c1-27-19-12-10-18(11-13-19)22(15-16-6-3-2-4-7-16)28(25,26)20-9-5-8-17(14-20)21(23)24/h2-14H,15H2,1H3,(H,23,24)/p-1. The van der Waals surface area contributed by atoms with E-state index in [1.54, 1.807) is 24.3 Å². The lowest BCUT2D eigenvalue weighted by atomic mass is 10.2. The highest BCUT2D eigenvalue weighted by Gasteiger charge is 2.25. The molecule has 0 radical (unpaired) electrons. The van der Waals surface area contributed by atoms with E-state index in [2.05, 4.69) is 0 Å². The predicted octanol–water partition coefficient (Wildman–Crippen LogP) is 2.45. The van der Waals surface area contributed by atoms with Gasteiger partial charge in [-0.15, -0.1) is 0 Å². The van der Waals surface area contributed by atoms with Gasteiger partial charge in [0.1, 0.15) is 5.75 Å². The van der Waals surface area contributed by atoms with Crippen LogP contribution in [0.1, 0.15) is 15.9 Å². The summed E-state index contributed by atoms with van der Waals surface area (Å²) in [6, 6.07) is 20.9. The monoisotopic (exact) mass is 396 g/mol. The first kappa shape index (κ1) is 19.4. The van der Waals surface area contributed by atoms with Crippen LogP contribution in [0.4, 0.5) is 5.69 Å². The number of hydrogen-bond donors (Lipinski definition) is 0. The fourth-order valence-electron chi connectivity index (χ4n) is 2.72. The molecule has 28 heavy (non-hydrogen) atoms. The third-order valence-electron chi connectivity index (χ3n) is 4.19. The fourth-order valence-corrected chi connectivity index (χ4v) is 4.22. The van der Waals surface area contributed by atoms with Crippen LogP contribution in [0.2, 0.25) is 0 Å². The van der Waals surface area contributed by atoms with Gasteiger partial charge in [0.25, 0.3) is 10.0 Å². The van der Waals surface area contributed by atoms with E-state index in [1.165, 1.54) is 29.6 Å². The van der Waals surface area contributed by atoms with Crippen molar-refractivity contribution in [1.82, 2.24) is 0 Å². The van der Waals surface area contributed by atoms with Crippen LogP contribution in [-0.4, -0.2) is 21.5 Å². The van der Waals surface area contributed by atoms with Crippen molar-refractivity contribution in [2.24, 2.45) is 0 Å². The van der Waals surface area contributed by atoms with Crippen molar-refractivity contribution in [3.8, 4) is 5.75 Å². The van der Waals surface area contributed by atoms with Crippen LogP contribution in [0.5, 0.6) is 5.75 Å². The first-order valence-electron chi connectivity index (χ1n) is 8.44. The van der Waals surface area contributed by atoms with E-state index in [1.807, 2.05) is 30.3 Å². The maximum atomic E-state index is 13.3. The van der Waals surface area contributed by atoms with Crippen LogP contribution in [0.25, 0.3) is 0 Å². The number of hydrogen-bond acceptors (Lipinski definition) is 5. The Hall–Kier alpha value is -3.32. The number of sulfonamides is 1. The van der Waals surface area contributed by atoms with Gasteiger partial charge in [-0.05, 0) is 47.5 Å². The fraction of sp³-hybridized carbons (Fsp3) is 0.0952. The Balaban J connectivity index is 2.08. The molecule has 0 aliphatic rings. The SMILES string of the molecule is COc1ccc(N(Cc2ccccc2)S(=O)(=O)c2cccc(C(=O)[O-])c2)cc1. The van der Waals surface area contributed by atoms with Gasteiger partial charge in [-0.1, -0.05) is 42.5 Å². The molecule has 144 valence electrons. The van der Waals surface area contributed by atoms with Crippen molar-refractivity contribution >= 4 is 21.7 Å². The van der Waals surface area contributed by atoms with Gasteiger partial charge in [0.2, 0.25) is 0 Å². The number of benzene rings is 3. The second-order valence-electron chi connectivity index (χ2n) is 6.01. The Morgan fingerprint density at radius 3 is 2.25 bits per heavy atom. The number of carboxylic acids is 1. The number of carbonyl (C=O) groups is 1. The van der Waals surface area contributed by atoms with Gasteiger partial charge in [-0.25, -0.2) is 8.42 Å². The summed E-state index contributed by atoms with van der Waals surface area (Å²) in [7, 11) is -2.50. The van der Waals surface area contributed by atoms with Crippen molar-refractivity contribution in [3.05, 3.63) is 90.0 Å². The lowest BCUT2D eigenvalue weighted by Gasteiger charge is -2.25. The molecule has 0 aliphatic carbocycles. The number of methoxy groups -OCH3 is 1. The molecule has 0 spiro atoms. The van der Waals surface area contributed by atoms with Gasteiger partial charge in [0, 0.05) is 0 Å². The quantitative estimate of drug-likeness (QED) is 0.612. The molecule has 0 heterocycles. The molecule has 0 saturated heterocycles. The van der Waals surface area contributed by atoms with E-state index >= 15 is 0 Å². The zero-order valence-electron chi connectivity index (χ0n) is 15.1. The maximum Gasteiger partial charge on any atom is 0.264 e. The van der Waals surface area contributed by atoms with Gasteiger partial charge >= 0.3 is 0 Å². The van der Waals surface area contributed by atoms with Crippen molar-refractivity contribution in [2.45, 2.75) is 11.4 Å². The smallest absolute Gasteiger partial charge is 0.264 e. The molecule has 0 saturated carbocycles. The number of nitrogens with zero attached hydrogens (tertiary/aromatic N) is 1. The summed E-state index contributed by atoms with van der Waals surface area (Å²) in [6.45, 7) is 0.0883. The van der Waals surface area contributed by atoms with E-state index in [0.29, 0.717) is 11.4 Å². The summed E-state index contributed by atoms with van der Waals surface area (Å²) in [5, 5.41) is 11.1. The molecule has 3 aromatic carbocycles. The third kappa shape index (κ3) is 4.15. The molecule has 0 bridgehead atoms. The van der Waals surface area contributed by atoms with Gasteiger partial charge in [-0.3, -0.25) is 4.31 Å². The zero-order chi connectivity index (χ0) is 20.1. The van der Waals surface area contributed by atoms with Crippen molar-refractivity contribution in [2.75, 3.05) is 11.4 Å². The van der Waals surface area contributed by atoms with Gasteiger partial charge < -0.3 is 14.6 Å². The van der Waals surface area contributed by atoms with E-state index in [9.17, 15) is 18.3 Å². The number of carbonyl (C=O) groups excluding carboxylic acids is 1. The van der Waals surface area contributed by atoms with Gasteiger partial charge in [0.05, 0.1) is 30.2 Å². The first-order chi connectivity index (χ1) is 13.4. The van der Waals surface area contributed by atoms with Gasteiger partial charge in [-0.2, -0.15) is 0 Å². The van der Waals surface area contributed by atoms with Crippen LogP contribution in [-0.2, 0) is 16.6 Å². The summed E-state index contributed by atoms with van der Waals surface area (Å²) in [4.78, 5) is 11.0. The topological polar surface area (TPSA) is 86.7 Å². The third-order valence-corrected chi connectivity index (χ3v) is 5.96. The number of anilines is 1. The minimum Gasteiger partial charge on any atom is -0.545 e. The van der Waals surface area contributed by atoms with E-state index in [4.69, 9.17) is 4.74 Å². The van der Waals surface area contributed by atoms with Crippen molar-refractivity contribution in [1.29, 1.82) is 0 Å².